The van der Waals surface area contributed by atoms with Crippen LogP contribution in [0.3, 0.4) is 0 Å². The van der Waals surface area contributed by atoms with Crippen LogP contribution in [0.4, 0.5) is 8.78 Å². The molecule has 2 atom stereocenters. The highest BCUT2D eigenvalue weighted by molar-refractivity contribution is 6.00. The summed E-state index contributed by atoms with van der Waals surface area (Å²) in [4.78, 5) is 29.3. The summed E-state index contributed by atoms with van der Waals surface area (Å²) in [6, 6.07) is 15.5. The Labute approximate surface area is 275 Å². The smallest absolute Gasteiger partial charge is 0.338 e. The largest absolute Gasteiger partial charge is 0.456 e. The molecule has 8 nitrogen and oxygen atoms in total. The summed E-state index contributed by atoms with van der Waals surface area (Å²) in [5.41, 5.74) is 11.5. The second-order valence-corrected chi connectivity index (χ2v) is 11.8. The number of rotatable bonds is 16. The van der Waals surface area contributed by atoms with E-state index < -0.39 is 29.7 Å². The van der Waals surface area contributed by atoms with Crippen LogP contribution in [0.2, 0.25) is 0 Å². The van der Waals surface area contributed by atoms with Crippen molar-refractivity contribution in [3.63, 3.8) is 0 Å². The average molecular weight is 647 g/mol. The quantitative estimate of drug-likeness (QED) is 0.131. The van der Waals surface area contributed by atoms with Crippen LogP contribution in [0, 0.1) is 18.6 Å². The Bertz CT molecular complexity index is 1630. The van der Waals surface area contributed by atoms with E-state index in [2.05, 4.69) is 29.5 Å². The SMILES string of the molecule is CCCN(CCC)C(=O)c1cc(C(=O)O[C@H](CNCc2cccc(CC)c2)[C@@H](N)Cc2cc(F)cc(F)c2)cc(-c2conc2C)c1. The van der Waals surface area contributed by atoms with E-state index in [9.17, 15) is 18.4 Å². The van der Waals surface area contributed by atoms with Crippen molar-refractivity contribution in [2.75, 3.05) is 19.6 Å². The van der Waals surface area contributed by atoms with Crippen molar-refractivity contribution in [1.29, 1.82) is 0 Å². The van der Waals surface area contributed by atoms with Gasteiger partial charge in [0.05, 0.1) is 11.3 Å². The van der Waals surface area contributed by atoms with Gasteiger partial charge in [0.2, 0.25) is 0 Å². The van der Waals surface area contributed by atoms with Crippen LogP contribution in [0.5, 0.6) is 0 Å². The maximum Gasteiger partial charge on any atom is 0.338 e. The number of hydrogen-bond acceptors (Lipinski definition) is 7. The summed E-state index contributed by atoms with van der Waals surface area (Å²) in [6.07, 6.45) is 3.13. The van der Waals surface area contributed by atoms with Gasteiger partial charge in [-0.25, -0.2) is 13.6 Å². The minimum absolute atomic E-state index is 0.0618. The molecule has 0 aliphatic rings. The molecule has 4 rings (SSSR count). The summed E-state index contributed by atoms with van der Waals surface area (Å²) >= 11 is 0. The zero-order valence-corrected chi connectivity index (χ0v) is 27.5. The van der Waals surface area contributed by atoms with Gasteiger partial charge < -0.3 is 25.2 Å². The third-order valence-electron chi connectivity index (χ3n) is 7.95. The second-order valence-electron chi connectivity index (χ2n) is 11.8. The molecule has 0 spiro atoms. The van der Waals surface area contributed by atoms with Crippen molar-refractivity contribution < 1.29 is 27.6 Å². The van der Waals surface area contributed by atoms with Crippen molar-refractivity contribution in [1.82, 2.24) is 15.4 Å². The van der Waals surface area contributed by atoms with Crippen LogP contribution in [-0.4, -0.2) is 53.7 Å². The van der Waals surface area contributed by atoms with E-state index in [-0.39, 0.29) is 24.4 Å². The van der Waals surface area contributed by atoms with E-state index in [0.717, 1.165) is 30.9 Å². The van der Waals surface area contributed by atoms with Crippen molar-refractivity contribution in [3.8, 4) is 11.1 Å². The molecule has 47 heavy (non-hydrogen) atoms. The van der Waals surface area contributed by atoms with E-state index in [1.165, 1.54) is 30.0 Å². The first kappa shape index (κ1) is 35.4. The minimum atomic E-state index is -0.875. The second kappa shape index (κ2) is 16.9. The van der Waals surface area contributed by atoms with Gasteiger partial charge in [0, 0.05) is 49.4 Å². The fourth-order valence-electron chi connectivity index (χ4n) is 5.57. The fourth-order valence-corrected chi connectivity index (χ4v) is 5.57. The molecule has 3 N–H and O–H groups in total. The number of nitrogens with zero attached hydrogens (tertiary/aromatic N) is 2. The van der Waals surface area contributed by atoms with Crippen molar-refractivity contribution >= 4 is 11.9 Å². The number of nitrogens with one attached hydrogen (secondary N) is 1. The molecule has 0 bridgehead atoms. The number of aromatic nitrogens is 1. The van der Waals surface area contributed by atoms with Gasteiger partial charge in [0.15, 0.2) is 0 Å². The lowest BCUT2D eigenvalue weighted by molar-refractivity contribution is 0.0238. The number of nitrogens with two attached hydrogens (primary N) is 1. The Balaban J connectivity index is 1.64. The molecule has 0 saturated heterocycles. The van der Waals surface area contributed by atoms with Gasteiger partial charge in [-0.2, -0.15) is 0 Å². The summed E-state index contributed by atoms with van der Waals surface area (Å²) in [7, 11) is 0. The van der Waals surface area contributed by atoms with Crippen LogP contribution >= 0.6 is 0 Å². The maximum absolute atomic E-state index is 14.0. The first-order valence-corrected chi connectivity index (χ1v) is 16.2. The Morgan fingerprint density at radius 1 is 0.936 bits per heavy atom. The van der Waals surface area contributed by atoms with Gasteiger partial charge in [-0.3, -0.25) is 4.79 Å². The third-order valence-corrected chi connectivity index (χ3v) is 7.95. The molecule has 0 saturated carbocycles. The van der Waals surface area contributed by atoms with Crippen molar-refractivity contribution in [3.05, 3.63) is 112 Å². The van der Waals surface area contributed by atoms with E-state index in [4.69, 9.17) is 15.0 Å². The molecule has 250 valence electrons. The van der Waals surface area contributed by atoms with Crippen LogP contribution in [-0.2, 0) is 24.1 Å². The number of aryl methyl sites for hydroxylation is 2. The number of amides is 1. The van der Waals surface area contributed by atoms with E-state index in [1.807, 2.05) is 26.0 Å². The van der Waals surface area contributed by atoms with Gasteiger partial charge in [-0.1, -0.05) is 50.2 Å². The zero-order valence-electron chi connectivity index (χ0n) is 27.5. The predicted octanol–water partition coefficient (Wildman–Crippen LogP) is 6.64. The summed E-state index contributed by atoms with van der Waals surface area (Å²) in [6.45, 7) is 9.70. The van der Waals surface area contributed by atoms with Crippen LogP contribution in [0.25, 0.3) is 11.1 Å². The molecule has 0 unspecified atom stereocenters. The topological polar surface area (TPSA) is 111 Å². The fraction of sp³-hybridized carbons (Fsp3) is 0.378. The van der Waals surface area contributed by atoms with E-state index >= 15 is 0 Å². The lowest BCUT2D eigenvalue weighted by atomic mass is 9.99. The molecule has 0 aliphatic heterocycles. The molecular formula is C37H44F2N4O4. The number of carbonyl (C=O) groups is 2. The van der Waals surface area contributed by atoms with Gasteiger partial charge in [-0.05, 0) is 85.2 Å². The lowest BCUT2D eigenvalue weighted by Gasteiger charge is -2.25. The van der Waals surface area contributed by atoms with E-state index in [0.29, 0.717) is 47.6 Å². The van der Waals surface area contributed by atoms with Crippen LogP contribution < -0.4 is 11.1 Å². The van der Waals surface area contributed by atoms with Gasteiger partial charge in [0.25, 0.3) is 5.91 Å². The number of halogens is 2. The van der Waals surface area contributed by atoms with Crippen molar-refractivity contribution in [2.24, 2.45) is 5.73 Å². The zero-order chi connectivity index (χ0) is 33.9. The summed E-state index contributed by atoms with van der Waals surface area (Å²) in [5, 5.41) is 7.29. The number of hydrogen-bond donors (Lipinski definition) is 2. The van der Waals surface area contributed by atoms with Crippen molar-refractivity contribution in [2.45, 2.75) is 72.1 Å². The highest BCUT2D eigenvalue weighted by atomic mass is 19.1. The first-order valence-electron chi connectivity index (χ1n) is 16.2. The lowest BCUT2D eigenvalue weighted by Crippen LogP contribution is -2.46. The highest BCUT2D eigenvalue weighted by Gasteiger charge is 2.26. The summed E-state index contributed by atoms with van der Waals surface area (Å²) in [5.74, 6) is -2.31. The molecule has 10 heteroatoms. The molecule has 0 aliphatic carbocycles. The normalized spacial score (nSPS) is 12.5. The third kappa shape index (κ3) is 9.79. The molecule has 0 fully saturated rings. The molecule has 1 aromatic heterocycles. The number of benzene rings is 3. The van der Waals surface area contributed by atoms with Gasteiger partial charge >= 0.3 is 5.97 Å². The monoisotopic (exact) mass is 646 g/mol. The standard InChI is InChI=1S/C37H44F2N4O4/c1-5-11-43(12-6-2)36(44)29-17-28(33-23-46-42-24(33)4)18-30(19-29)37(45)47-35(22-41-21-26-10-8-9-25(7-3)13-26)34(40)16-27-14-31(38)20-32(39)15-27/h8-10,13-15,17-20,23,34-35,41H,5-7,11-12,16,21-22,40H2,1-4H3/t34-,35+/m0/s1. The average Bonchev–Trinajstić information content (AvgIpc) is 3.48. The molecule has 1 amide bonds. The molecule has 4 aromatic rings. The predicted molar refractivity (Wildman–Crippen MR) is 178 cm³/mol. The minimum Gasteiger partial charge on any atom is -0.456 e. The van der Waals surface area contributed by atoms with E-state index in [1.54, 1.807) is 24.0 Å². The van der Waals surface area contributed by atoms with Crippen LogP contribution in [0.1, 0.15) is 76.7 Å². The Hall–Kier alpha value is -4.41. The maximum atomic E-state index is 14.0. The number of ether oxygens (including phenoxy) is 1. The molecule has 3 aromatic carbocycles. The Morgan fingerprint density at radius 2 is 1.62 bits per heavy atom. The molecule has 1 heterocycles. The molecule has 0 radical (unpaired) electrons. The first-order chi connectivity index (χ1) is 22.6. The van der Waals surface area contributed by atoms with Gasteiger partial charge in [-0.15, -0.1) is 0 Å². The molecular weight excluding hydrogens is 602 g/mol. The number of carbonyl (C=O) groups excluding carboxylic acids is 2. The van der Waals surface area contributed by atoms with Gasteiger partial charge in [0.1, 0.15) is 24.0 Å². The Kier molecular flexibility index (Phi) is 12.8. The number of esters is 1. The summed E-state index contributed by atoms with van der Waals surface area (Å²) < 4.78 is 39.1. The van der Waals surface area contributed by atoms with Crippen LogP contribution in [0.15, 0.2) is 71.4 Å². The highest BCUT2D eigenvalue weighted by Crippen LogP contribution is 2.27. The Morgan fingerprint density at radius 3 is 2.26 bits per heavy atom.